The number of nitrogens with two attached hydrogens (primary N) is 1. The van der Waals surface area contributed by atoms with E-state index in [1.165, 1.54) is 18.9 Å². The van der Waals surface area contributed by atoms with Crippen molar-refractivity contribution in [1.82, 2.24) is 0 Å². The second kappa shape index (κ2) is 6.23. The van der Waals surface area contributed by atoms with Crippen LogP contribution >= 0.6 is 15.9 Å². The number of hydrogen-bond donors (Lipinski definition) is 1. The Labute approximate surface area is 99.0 Å². The van der Waals surface area contributed by atoms with Crippen LogP contribution in [0.3, 0.4) is 0 Å². The zero-order valence-electron chi connectivity index (χ0n) is 8.97. The molecule has 0 heterocycles. The molecule has 0 saturated heterocycles. The summed E-state index contributed by atoms with van der Waals surface area (Å²) in [5, 5.41) is 0. The van der Waals surface area contributed by atoms with Gasteiger partial charge in [-0.25, -0.2) is 4.39 Å². The summed E-state index contributed by atoms with van der Waals surface area (Å²) in [6.45, 7) is 2.17. The van der Waals surface area contributed by atoms with E-state index in [1.807, 2.05) is 0 Å². The van der Waals surface area contributed by atoms with Gasteiger partial charge >= 0.3 is 0 Å². The molecular weight excluding hydrogens is 257 g/mol. The monoisotopic (exact) mass is 273 g/mol. The van der Waals surface area contributed by atoms with Gasteiger partial charge in [-0.3, -0.25) is 0 Å². The molecule has 0 aliphatic rings. The third kappa shape index (κ3) is 3.92. The van der Waals surface area contributed by atoms with Crippen molar-refractivity contribution in [1.29, 1.82) is 0 Å². The number of rotatable bonds is 5. The second-order valence-electron chi connectivity index (χ2n) is 3.78. The van der Waals surface area contributed by atoms with E-state index in [-0.39, 0.29) is 11.9 Å². The summed E-state index contributed by atoms with van der Waals surface area (Å²) in [4.78, 5) is 0. The number of halogens is 2. The van der Waals surface area contributed by atoms with Crippen LogP contribution in [0.1, 0.15) is 44.2 Å². The Balaban J connectivity index is 2.57. The normalized spacial score (nSPS) is 12.8. The van der Waals surface area contributed by atoms with Crippen LogP contribution in [-0.4, -0.2) is 0 Å². The van der Waals surface area contributed by atoms with E-state index in [9.17, 15) is 4.39 Å². The average molecular weight is 274 g/mol. The Morgan fingerprint density at radius 1 is 1.40 bits per heavy atom. The molecule has 0 saturated carbocycles. The molecule has 2 N–H and O–H groups in total. The van der Waals surface area contributed by atoms with Crippen LogP contribution in [0.5, 0.6) is 0 Å². The third-order valence-corrected chi connectivity index (χ3v) is 3.10. The van der Waals surface area contributed by atoms with E-state index >= 15 is 0 Å². The first-order valence-electron chi connectivity index (χ1n) is 5.35. The fourth-order valence-corrected chi connectivity index (χ4v) is 1.92. The van der Waals surface area contributed by atoms with Gasteiger partial charge in [-0.1, -0.05) is 32.3 Å². The average Bonchev–Trinajstić information content (AvgIpc) is 2.22. The standard InChI is InChI=1S/C12H17BrFN/c1-2-3-4-5-12(15)9-6-7-11(14)10(13)8-9/h6-8,12H,2-5,15H2,1H3/t12-/m0/s1. The quantitative estimate of drug-likeness (QED) is 0.801. The summed E-state index contributed by atoms with van der Waals surface area (Å²) in [7, 11) is 0. The van der Waals surface area contributed by atoms with E-state index in [0.717, 1.165) is 18.4 Å². The van der Waals surface area contributed by atoms with Crippen molar-refractivity contribution >= 4 is 15.9 Å². The molecule has 0 aromatic heterocycles. The third-order valence-electron chi connectivity index (χ3n) is 2.49. The largest absolute Gasteiger partial charge is 0.324 e. The highest BCUT2D eigenvalue weighted by molar-refractivity contribution is 9.10. The van der Waals surface area contributed by atoms with E-state index in [1.54, 1.807) is 12.1 Å². The van der Waals surface area contributed by atoms with Crippen molar-refractivity contribution in [3.63, 3.8) is 0 Å². The summed E-state index contributed by atoms with van der Waals surface area (Å²) in [5.74, 6) is -0.237. The van der Waals surface area contributed by atoms with Gasteiger partial charge in [0.25, 0.3) is 0 Å². The highest BCUT2D eigenvalue weighted by Gasteiger charge is 2.07. The molecule has 0 unspecified atom stereocenters. The van der Waals surface area contributed by atoms with Gasteiger partial charge in [0.15, 0.2) is 0 Å². The van der Waals surface area contributed by atoms with Crippen molar-refractivity contribution in [3.05, 3.63) is 34.1 Å². The van der Waals surface area contributed by atoms with E-state index in [4.69, 9.17) is 5.73 Å². The van der Waals surface area contributed by atoms with E-state index in [2.05, 4.69) is 22.9 Å². The molecule has 1 aromatic carbocycles. The van der Waals surface area contributed by atoms with Gasteiger partial charge in [-0.05, 0) is 40.0 Å². The molecule has 0 aliphatic carbocycles. The predicted octanol–water partition coefficient (Wildman–Crippen LogP) is 4.17. The number of benzene rings is 1. The molecule has 0 fully saturated rings. The van der Waals surface area contributed by atoms with Gasteiger partial charge in [0.1, 0.15) is 5.82 Å². The second-order valence-corrected chi connectivity index (χ2v) is 4.63. The zero-order chi connectivity index (χ0) is 11.3. The molecule has 0 spiro atoms. The lowest BCUT2D eigenvalue weighted by molar-refractivity contribution is 0.577. The Morgan fingerprint density at radius 3 is 2.73 bits per heavy atom. The Hall–Kier alpha value is -0.410. The van der Waals surface area contributed by atoms with Crippen LogP contribution in [0.15, 0.2) is 22.7 Å². The minimum absolute atomic E-state index is 0.0217. The van der Waals surface area contributed by atoms with Gasteiger partial charge < -0.3 is 5.73 Å². The van der Waals surface area contributed by atoms with Crippen LogP contribution in [0.4, 0.5) is 4.39 Å². The SMILES string of the molecule is CCCCC[C@H](N)c1ccc(F)c(Br)c1. The predicted molar refractivity (Wildman–Crippen MR) is 65.2 cm³/mol. The van der Waals surface area contributed by atoms with Gasteiger partial charge in [0.05, 0.1) is 4.47 Å². The summed E-state index contributed by atoms with van der Waals surface area (Å²) in [6, 6.07) is 5.01. The van der Waals surface area contributed by atoms with Gasteiger partial charge in [-0.2, -0.15) is 0 Å². The molecule has 0 bridgehead atoms. The fourth-order valence-electron chi connectivity index (χ4n) is 1.52. The summed E-state index contributed by atoms with van der Waals surface area (Å²) in [5.41, 5.74) is 7.01. The first kappa shape index (κ1) is 12.7. The number of unbranched alkanes of at least 4 members (excludes halogenated alkanes) is 2. The molecule has 15 heavy (non-hydrogen) atoms. The molecule has 0 aliphatic heterocycles. The topological polar surface area (TPSA) is 26.0 Å². The van der Waals surface area contributed by atoms with Gasteiger partial charge in [-0.15, -0.1) is 0 Å². The lowest BCUT2D eigenvalue weighted by Gasteiger charge is -2.12. The minimum Gasteiger partial charge on any atom is -0.324 e. The maximum absolute atomic E-state index is 13.0. The van der Waals surface area contributed by atoms with Crippen LogP contribution in [0.2, 0.25) is 0 Å². The molecule has 0 amide bonds. The van der Waals surface area contributed by atoms with Crippen molar-refractivity contribution < 1.29 is 4.39 Å². The van der Waals surface area contributed by atoms with Crippen LogP contribution < -0.4 is 5.73 Å². The minimum atomic E-state index is -0.237. The van der Waals surface area contributed by atoms with Crippen LogP contribution in [-0.2, 0) is 0 Å². The highest BCUT2D eigenvalue weighted by Crippen LogP contribution is 2.23. The first-order chi connectivity index (χ1) is 7.15. The van der Waals surface area contributed by atoms with Crippen molar-refractivity contribution in [2.45, 2.75) is 38.6 Å². The summed E-state index contributed by atoms with van der Waals surface area (Å²) >= 11 is 3.17. The van der Waals surface area contributed by atoms with Crippen LogP contribution in [0, 0.1) is 5.82 Å². The maximum atomic E-state index is 13.0. The molecule has 3 heteroatoms. The fraction of sp³-hybridized carbons (Fsp3) is 0.500. The number of hydrogen-bond acceptors (Lipinski definition) is 1. The Bertz CT molecular complexity index is 314. The maximum Gasteiger partial charge on any atom is 0.137 e. The van der Waals surface area contributed by atoms with Crippen molar-refractivity contribution in [3.8, 4) is 0 Å². The summed E-state index contributed by atoms with van der Waals surface area (Å²) < 4.78 is 13.5. The van der Waals surface area contributed by atoms with E-state index in [0.29, 0.717) is 4.47 Å². The van der Waals surface area contributed by atoms with Crippen LogP contribution in [0.25, 0.3) is 0 Å². The van der Waals surface area contributed by atoms with Gasteiger partial charge in [0.2, 0.25) is 0 Å². The summed E-state index contributed by atoms with van der Waals surface area (Å²) in [6.07, 6.45) is 4.49. The Kier molecular flexibility index (Phi) is 5.26. The molecule has 84 valence electrons. The molecule has 1 atom stereocenters. The van der Waals surface area contributed by atoms with Crippen molar-refractivity contribution in [2.75, 3.05) is 0 Å². The molecule has 0 radical (unpaired) electrons. The Morgan fingerprint density at radius 2 is 2.13 bits per heavy atom. The molecule has 1 nitrogen and oxygen atoms in total. The van der Waals surface area contributed by atoms with E-state index < -0.39 is 0 Å². The molecule has 1 rings (SSSR count). The lowest BCUT2D eigenvalue weighted by atomic mass is 10.0. The lowest BCUT2D eigenvalue weighted by Crippen LogP contribution is -2.10. The molecule has 1 aromatic rings. The molecular formula is C12H17BrFN. The van der Waals surface area contributed by atoms with Crippen molar-refractivity contribution in [2.24, 2.45) is 5.73 Å². The zero-order valence-corrected chi connectivity index (χ0v) is 10.6. The van der Waals surface area contributed by atoms with Gasteiger partial charge in [0, 0.05) is 6.04 Å². The first-order valence-corrected chi connectivity index (χ1v) is 6.15. The smallest absolute Gasteiger partial charge is 0.137 e. The highest BCUT2D eigenvalue weighted by atomic mass is 79.9.